The lowest BCUT2D eigenvalue weighted by molar-refractivity contribution is 0.250. The minimum Gasteiger partial charge on any atom is -0.383 e. The van der Waals surface area contributed by atoms with E-state index in [1.165, 1.54) is 31.9 Å². The highest BCUT2D eigenvalue weighted by molar-refractivity contribution is 7.89. The van der Waals surface area contributed by atoms with Crippen LogP contribution in [0.1, 0.15) is 25.7 Å². The van der Waals surface area contributed by atoms with Crippen LogP contribution in [0.15, 0.2) is 11.1 Å². The van der Waals surface area contributed by atoms with Crippen LogP contribution in [0.3, 0.4) is 0 Å². The highest BCUT2D eigenvalue weighted by Crippen LogP contribution is 2.22. The van der Waals surface area contributed by atoms with E-state index < -0.39 is 10.0 Å². The maximum absolute atomic E-state index is 11.9. The number of nitrogens with two attached hydrogens (primary N) is 1. The molecule has 0 unspecified atom stereocenters. The van der Waals surface area contributed by atoms with Gasteiger partial charge in [0.1, 0.15) is 10.7 Å². The number of nitrogens with zero attached hydrogens (tertiary/aromatic N) is 2. The zero-order valence-corrected chi connectivity index (χ0v) is 11.9. The van der Waals surface area contributed by atoms with E-state index >= 15 is 0 Å². The number of rotatable bonds is 6. The van der Waals surface area contributed by atoms with Crippen molar-refractivity contribution < 1.29 is 8.42 Å². The molecular formula is C11H21N5O2S. The van der Waals surface area contributed by atoms with E-state index in [-0.39, 0.29) is 10.7 Å². The summed E-state index contributed by atoms with van der Waals surface area (Å²) in [6.07, 6.45) is 6.17. The van der Waals surface area contributed by atoms with E-state index in [4.69, 9.17) is 5.73 Å². The first-order valence-corrected chi connectivity index (χ1v) is 7.98. The Kier molecular flexibility index (Phi) is 4.43. The molecule has 2 rings (SSSR count). The van der Waals surface area contributed by atoms with Gasteiger partial charge in [-0.25, -0.2) is 13.1 Å². The van der Waals surface area contributed by atoms with E-state index in [1.807, 2.05) is 7.05 Å². The average molecular weight is 287 g/mol. The Morgan fingerprint density at radius 1 is 1.53 bits per heavy atom. The number of aromatic nitrogens is 2. The normalized spacial score (nSPS) is 17.4. The van der Waals surface area contributed by atoms with Gasteiger partial charge in [-0.2, -0.15) is 5.10 Å². The standard InChI is InChI=1S/C11H21N5O2S/c1-16(9-4-2-3-5-9)7-6-14-19(17,18)10-8-13-15-11(10)12/h8-9,14H,2-7H2,1H3,(H3,12,13,15). The van der Waals surface area contributed by atoms with Crippen molar-refractivity contribution in [2.24, 2.45) is 0 Å². The second kappa shape index (κ2) is 5.89. The van der Waals surface area contributed by atoms with Crippen LogP contribution in [0.4, 0.5) is 5.82 Å². The van der Waals surface area contributed by atoms with Crippen LogP contribution in [0.2, 0.25) is 0 Å². The number of sulfonamides is 1. The van der Waals surface area contributed by atoms with E-state index in [0.29, 0.717) is 19.1 Å². The first kappa shape index (κ1) is 14.3. The van der Waals surface area contributed by atoms with Gasteiger partial charge in [-0.05, 0) is 19.9 Å². The van der Waals surface area contributed by atoms with E-state index in [0.717, 1.165) is 0 Å². The second-order valence-corrected chi connectivity index (χ2v) is 6.70. The zero-order valence-electron chi connectivity index (χ0n) is 11.1. The van der Waals surface area contributed by atoms with Crippen LogP contribution in [0, 0.1) is 0 Å². The number of anilines is 1. The molecule has 7 nitrogen and oxygen atoms in total. The molecule has 1 aliphatic carbocycles. The molecule has 0 saturated heterocycles. The smallest absolute Gasteiger partial charge is 0.245 e. The monoisotopic (exact) mass is 287 g/mol. The van der Waals surface area contributed by atoms with Crippen LogP contribution in [0.5, 0.6) is 0 Å². The molecule has 8 heteroatoms. The minimum atomic E-state index is -3.56. The molecule has 0 aliphatic heterocycles. The van der Waals surface area contributed by atoms with E-state index in [2.05, 4.69) is 19.8 Å². The van der Waals surface area contributed by atoms with Crippen LogP contribution in [-0.2, 0) is 10.0 Å². The van der Waals surface area contributed by atoms with Gasteiger partial charge in [-0.1, -0.05) is 12.8 Å². The van der Waals surface area contributed by atoms with Crippen LogP contribution >= 0.6 is 0 Å². The first-order valence-electron chi connectivity index (χ1n) is 6.49. The Morgan fingerprint density at radius 3 is 2.79 bits per heavy atom. The third-order valence-electron chi connectivity index (χ3n) is 3.63. The van der Waals surface area contributed by atoms with Gasteiger partial charge in [0.05, 0.1) is 6.20 Å². The summed E-state index contributed by atoms with van der Waals surface area (Å²) in [5, 5.41) is 6.03. The van der Waals surface area contributed by atoms with Gasteiger partial charge in [-0.15, -0.1) is 0 Å². The molecule has 4 N–H and O–H groups in total. The fraction of sp³-hybridized carbons (Fsp3) is 0.727. The lowest BCUT2D eigenvalue weighted by Gasteiger charge is -2.23. The number of nitrogen functional groups attached to an aromatic ring is 1. The van der Waals surface area contributed by atoms with Gasteiger partial charge in [-0.3, -0.25) is 5.10 Å². The summed E-state index contributed by atoms with van der Waals surface area (Å²) in [4.78, 5) is 2.23. The molecule has 1 heterocycles. The van der Waals surface area contributed by atoms with Gasteiger partial charge < -0.3 is 10.6 Å². The van der Waals surface area contributed by atoms with Crippen molar-refractivity contribution in [3.8, 4) is 0 Å². The third-order valence-corrected chi connectivity index (χ3v) is 5.11. The highest BCUT2D eigenvalue weighted by Gasteiger charge is 2.21. The molecule has 1 aromatic heterocycles. The average Bonchev–Trinajstić information content (AvgIpc) is 2.98. The van der Waals surface area contributed by atoms with Crippen molar-refractivity contribution in [2.45, 2.75) is 36.6 Å². The summed E-state index contributed by atoms with van der Waals surface area (Å²) in [7, 11) is -1.52. The fourth-order valence-corrected chi connectivity index (χ4v) is 3.50. The van der Waals surface area contributed by atoms with E-state index in [9.17, 15) is 8.42 Å². The molecule has 0 bridgehead atoms. The summed E-state index contributed by atoms with van der Waals surface area (Å²) in [5.41, 5.74) is 5.51. The molecule has 1 saturated carbocycles. The quantitative estimate of drug-likeness (QED) is 0.690. The van der Waals surface area contributed by atoms with E-state index in [1.54, 1.807) is 0 Å². The van der Waals surface area contributed by atoms with Crippen molar-refractivity contribution in [3.05, 3.63) is 6.20 Å². The summed E-state index contributed by atoms with van der Waals surface area (Å²) < 4.78 is 26.4. The van der Waals surface area contributed by atoms with Gasteiger partial charge in [0, 0.05) is 19.1 Å². The summed E-state index contributed by atoms with van der Waals surface area (Å²) in [6, 6.07) is 0.587. The lowest BCUT2D eigenvalue weighted by Crippen LogP contribution is -2.37. The molecule has 1 fully saturated rings. The molecule has 1 aromatic rings. The Hall–Kier alpha value is -1.12. The molecule has 108 valence electrons. The molecule has 0 atom stereocenters. The molecule has 19 heavy (non-hydrogen) atoms. The SMILES string of the molecule is CN(CCNS(=O)(=O)c1cn[nH]c1N)C1CCCC1. The maximum Gasteiger partial charge on any atom is 0.245 e. The van der Waals surface area contributed by atoms with Crippen molar-refractivity contribution in [2.75, 3.05) is 25.9 Å². The van der Waals surface area contributed by atoms with Gasteiger partial charge in [0.25, 0.3) is 0 Å². The van der Waals surface area contributed by atoms with Crippen molar-refractivity contribution in [1.29, 1.82) is 0 Å². The van der Waals surface area contributed by atoms with Crippen molar-refractivity contribution in [1.82, 2.24) is 19.8 Å². The molecule has 0 amide bonds. The first-order chi connectivity index (χ1) is 9.00. The van der Waals surface area contributed by atoms with Crippen LogP contribution in [-0.4, -0.2) is 49.7 Å². The molecule has 0 spiro atoms. The number of hydrogen-bond donors (Lipinski definition) is 3. The zero-order chi connectivity index (χ0) is 13.9. The number of hydrogen-bond acceptors (Lipinski definition) is 5. The fourth-order valence-electron chi connectivity index (χ4n) is 2.46. The Balaban J connectivity index is 1.83. The van der Waals surface area contributed by atoms with Crippen LogP contribution in [0.25, 0.3) is 0 Å². The Morgan fingerprint density at radius 2 is 2.21 bits per heavy atom. The number of likely N-dealkylation sites (N-methyl/N-ethyl adjacent to an activating group) is 1. The molecule has 0 aromatic carbocycles. The number of H-pyrrole nitrogens is 1. The maximum atomic E-state index is 11.9. The lowest BCUT2D eigenvalue weighted by atomic mass is 10.2. The predicted molar refractivity (Wildman–Crippen MR) is 73.1 cm³/mol. The van der Waals surface area contributed by atoms with Crippen molar-refractivity contribution in [3.63, 3.8) is 0 Å². The Bertz CT molecular complexity index is 507. The summed E-state index contributed by atoms with van der Waals surface area (Å²) in [5.74, 6) is 0.0663. The molecule has 0 radical (unpaired) electrons. The molecule has 1 aliphatic rings. The molecular weight excluding hydrogens is 266 g/mol. The largest absolute Gasteiger partial charge is 0.383 e. The van der Waals surface area contributed by atoms with Crippen molar-refractivity contribution >= 4 is 15.8 Å². The predicted octanol–water partition coefficient (Wildman–Crippen LogP) is 0.145. The van der Waals surface area contributed by atoms with Gasteiger partial charge >= 0.3 is 0 Å². The summed E-state index contributed by atoms with van der Waals surface area (Å²) in [6.45, 7) is 1.07. The number of nitrogens with one attached hydrogen (secondary N) is 2. The third kappa shape index (κ3) is 3.46. The Labute approximate surface area is 113 Å². The highest BCUT2D eigenvalue weighted by atomic mass is 32.2. The van der Waals surface area contributed by atoms with Crippen LogP contribution < -0.4 is 10.5 Å². The van der Waals surface area contributed by atoms with Gasteiger partial charge in [0.15, 0.2) is 0 Å². The number of aromatic amines is 1. The topological polar surface area (TPSA) is 104 Å². The minimum absolute atomic E-state index is 0.0102. The summed E-state index contributed by atoms with van der Waals surface area (Å²) >= 11 is 0. The second-order valence-electron chi connectivity index (χ2n) is 4.96. The van der Waals surface area contributed by atoms with Gasteiger partial charge in [0.2, 0.25) is 10.0 Å².